The number of nitrogens with one attached hydrogen (secondary N) is 2. The molecule has 0 bridgehead atoms. The molecule has 1 fully saturated rings. The van der Waals surface area contributed by atoms with Gasteiger partial charge in [-0.25, -0.2) is 14.6 Å². The van der Waals surface area contributed by atoms with E-state index in [4.69, 9.17) is 34.7 Å². The van der Waals surface area contributed by atoms with Crippen molar-refractivity contribution in [2.75, 3.05) is 83.7 Å². The number of fused-ring (bicyclic) bond motifs is 2. The molecule has 7 rings (SSSR count). The number of nitriles is 1. The predicted molar refractivity (Wildman–Crippen MR) is 211 cm³/mol. The van der Waals surface area contributed by atoms with Crippen LogP contribution >= 0.6 is 0 Å². The monoisotopic (exact) mass is 822 g/mol. The average molecular weight is 823 g/mol. The van der Waals surface area contributed by atoms with E-state index in [0.29, 0.717) is 124 Å². The summed E-state index contributed by atoms with van der Waals surface area (Å²) in [5, 5.41) is 27.9. The van der Waals surface area contributed by atoms with Crippen molar-refractivity contribution >= 4 is 46.0 Å². The van der Waals surface area contributed by atoms with E-state index >= 15 is 0 Å². The molecule has 4 amide bonds. The summed E-state index contributed by atoms with van der Waals surface area (Å²) in [7, 11) is 0. The van der Waals surface area contributed by atoms with E-state index in [2.05, 4.69) is 42.1 Å². The van der Waals surface area contributed by atoms with Crippen molar-refractivity contribution < 1.29 is 42.9 Å². The Labute approximate surface area is 342 Å². The van der Waals surface area contributed by atoms with Crippen LogP contribution in [-0.4, -0.2) is 142 Å². The van der Waals surface area contributed by atoms with Crippen LogP contribution in [0, 0.1) is 11.3 Å². The van der Waals surface area contributed by atoms with Gasteiger partial charge in [-0.05, 0) is 24.6 Å². The molecule has 0 spiro atoms. The molecule has 2 aliphatic rings. The van der Waals surface area contributed by atoms with Crippen LogP contribution in [0.5, 0.6) is 0 Å². The molecule has 60 heavy (non-hydrogen) atoms. The third-order valence-electron chi connectivity index (χ3n) is 9.47. The Kier molecular flexibility index (Phi) is 13.7. The predicted octanol–water partition coefficient (Wildman–Crippen LogP) is 1.12. The van der Waals surface area contributed by atoms with Crippen molar-refractivity contribution in [3.63, 3.8) is 0 Å². The summed E-state index contributed by atoms with van der Waals surface area (Å²) in [5.41, 5.74) is 9.87. The van der Waals surface area contributed by atoms with E-state index < -0.39 is 29.7 Å². The van der Waals surface area contributed by atoms with Crippen molar-refractivity contribution in [3.05, 3.63) is 71.8 Å². The maximum Gasteiger partial charge on any atom is 0.264 e. The van der Waals surface area contributed by atoms with Crippen LogP contribution in [0.3, 0.4) is 0 Å². The summed E-state index contributed by atoms with van der Waals surface area (Å²) in [6.45, 7) is 4.74. The number of amides is 4. The number of aromatic nitrogens is 7. The van der Waals surface area contributed by atoms with Crippen LogP contribution in [0.1, 0.15) is 39.1 Å². The van der Waals surface area contributed by atoms with Crippen molar-refractivity contribution in [1.82, 2.24) is 45.0 Å². The Morgan fingerprint density at radius 2 is 1.57 bits per heavy atom. The first-order valence-corrected chi connectivity index (χ1v) is 19.2. The lowest BCUT2D eigenvalue weighted by atomic mass is 10.0. The molecule has 21 nitrogen and oxygen atoms in total. The second-order valence-electron chi connectivity index (χ2n) is 13.5. The second kappa shape index (κ2) is 19.8. The van der Waals surface area contributed by atoms with Crippen molar-refractivity contribution in [2.24, 2.45) is 0 Å². The molecule has 5 aromatic rings. The number of nitrogens with zero attached hydrogens (tertiary/aromatic N) is 9. The summed E-state index contributed by atoms with van der Waals surface area (Å²) in [6, 6.07) is 9.34. The molecule has 1 unspecified atom stereocenters. The fraction of sp³-hybridized carbons (Fsp3) is 0.385. The molecule has 312 valence electrons. The molecular formula is C39H42N12O9. The lowest BCUT2D eigenvalue weighted by Crippen LogP contribution is -2.54. The standard InChI is InChI=1S/C39H42N12O9/c40-20-25-18-26-22-45-51(36(26)44-21-25)33-19-29(41)28(23-43-33)31-24-49(48-47-31)7-9-57-11-13-59-15-17-60-16-14-58-12-10-56-8-6-42-30-3-1-2-27-35(30)39(55)50(38(27)54)32-4-5-34(52)46-37(32)53/h1-3,18-19,21-24,32,42H,4-17H2,(H2,41,43)(H,46,52,53). The lowest BCUT2D eigenvalue weighted by molar-refractivity contribution is -0.136. The number of hydrogen-bond acceptors (Lipinski definition) is 17. The molecule has 1 saturated heterocycles. The Bertz CT molecular complexity index is 2390. The first-order valence-electron chi connectivity index (χ1n) is 19.2. The molecule has 4 aromatic heterocycles. The second-order valence-corrected chi connectivity index (χ2v) is 13.5. The maximum absolute atomic E-state index is 13.2. The van der Waals surface area contributed by atoms with Crippen LogP contribution in [-0.2, 0) is 39.8 Å². The van der Waals surface area contributed by atoms with Gasteiger partial charge in [0.25, 0.3) is 11.8 Å². The van der Waals surface area contributed by atoms with E-state index in [-0.39, 0.29) is 24.0 Å². The number of piperidine rings is 1. The number of carbonyl (C=O) groups excluding carboxylic acids is 4. The first kappa shape index (κ1) is 41.5. The normalized spacial score (nSPS) is 15.1. The van der Waals surface area contributed by atoms with E-state index in [1.54, 1.807) is 58.3 Å². The van der Waals surface area contributed by atoms with Gasteiger partial charge in [-0.3, -0.25) is 29.4 Å². The van der Waals surface area contributed by atoms with Gasteiger partial charge < -0.3 is 34.7 Å². The molecule has 0 saturated carbocycles. The molecule has 0 radical (unpaired) electrons. The highest BCUT2D eigenvalue weighted by atomic mass is 16.6. The number of anilines is 2. The number of carbonyl (C=O) groups is 4. The zero-order valence-electron chi connectivity index (χ0n) is 32.4. The van der Waals surface area contributed by atoms with Gasteiger partial charge in [0, 0.05) is 53.8 Å². The van der Waals surface area contributed by atoms with Gasteiger partial charge >= 0.3 is 0 Å². The molecule has 2 aliphatic heterocycles. The Morgan fingerprint density at radius 1 is 0.850 bits per heavy atom. The summed E-state index contributed by atoms with van der Waals surface area (Å²) in [5.74, 6) is -1.72. The molecule has 1 atom stereocenters. The molecule has 1 aromatic carbocycles. The van der Waals surface area contributed by atoms with Gasteiger partial charge in [-0.15, -0.1) is 5.10 Å². The topological polar surface area (TPSA) is 266 Å². The quantitative estimate of drug-likeness (QED) is 0.0652. The third kappa shape index (κ3) is 9.76. The molecule has 21 heteroatoms. The van der Waals surface area contributed by atoms with Crippen molar-refractivity contribution in [1.29, 1.82) is 5.26 Å². The van der Waals surface area contributed by atoms with Gasteiger partial charge in [-0.1, -0.05) is 11.3 Å². The van der Waals surface area contributed by atoms with E-state index in [9.17, 15) is 19.2 Å². The number of benzene rings is 1. The summed E-state index contributed by atoms with van der Waals surface area (Å²) < 4.78 is 31.1. The number of nitrogen functional groups attached to an aromatic ring is 1. The lowest BCUT2D eigenvalue weighted by Gasteiger charge is -2.27. The van der Waals surface area contributed by atoms with Crippen LogP contribution in [0.25, 0.3) is 28.1 Å². The van der Waals surface area contributed by atoms with Gasteiger partial charge in [0.05, 0.1) is 102 Å². The molecule has 0 aliphatic carbocycles. The number of pyridine rings is 2. The molecular weight excluding hydrogens is 781 g/mol. The van der Waals surface area contributed by atoms with E-state index in [1.807, 2.05) is 0 Å². The van der Waals surface area contributed by atoms with Crippen molar-refractivity contribution in [3.8, 4) is 23.1 Å². The van der Waals surface area contributed by atoms with Crippen LogP contribution in [0.4, 0.5) is 11.4 Å². The van der Waals surface area contributed by atoms with Gasteiger partial charge in [0.1, 0.15) is 17.8 Å². The maximum atomic E-state index is 13.2. The highest BCUT2D eigenvalue weighted by Crippen LogP contribution is 2.32. The van der Waals surface area contributed by atoms with Gasteiger partial charge in [-0.2, -0.15) is 15.0 Å². The van der Waals surface area contributed by atoms with Crippen LogP contribution < -0.4 is 16.4 Å². The third-order valence-corrected chi connectivity index (χ3v) is 9.47. The highest BCUT2D eigenvalue weighted by molar-refractivity contribution is 6.25. The minimum absolute atomic E-state index is 0.0579. The zero-order valence-corrected chi connectivity index (χ0v) is 32.4. The molecule has 6 heterocycles. The number of ether oxygens (including phenoxy) is 5. The summed E-state index contributed by atoms with van der Waals surface area (Å²) in [4.78, 5) is 59.8. The van der Waals surface area contributed by atoms with Crippen LogP contribution in [0.2, 0.25) is 0 Å². The SMILES string of the molecule is N#Cc1cnc2c(cnn2-c2cc(N)c(-c3cn(CCOCCOCCOCCOCCOCCNc4cccc5c4C(=O)N(C4CCC(=O)NC4=O)C5=O)nn3)cn2)c1. The van der Waals surface area contributed by atoms with Crippen molar-refractivity contribution in [2.45, 2.75) is 25.4 Å². The minimum atomic E-state index is -1.02. The molecule has 4 N–H and O–H groups in total. The number of imide groups is 2. The van der Waals surface area contributed by atoms with Crippen LogP contribution in [0.15, 0.2) is 55.1 Å². The Hall–Kier alpha value is -6.70. The van der Waals surface area contributed by atoms with Gasteiger partial charge in [0.15, 0.2) is 11.5 Å². The first-order chi connectivity index (χ1) is 29.3. The number of nitrogens with two attached hydrogens (primary N) is 1. The number of hydrogen-bond donors (Lipinski definition) is 3. The Morgan fingerprint density at radius 3 is 2.27 bits per heavy atom. The van der Waals surface area contributed by atoms with E-state index in [1.165, 1.54) is 6.20 Å². The highest BCUT2D eigenvalue weighted by Gasteiger charge is 2.45. The van der Waals surface area contributed by atoms with E-state index in [0.717, 1.165) is 4.90 Å². The fourth-order valence-corrected chi connectivity index (χ4v) is 6.53. The number of rotatable bonds is 22. The Balaban J connectivity index is 0.686. The van der Waals surface area contributed by atoms with Gasteiger partial charge in [0.2, 0.25) is 11.8 Å². The fourth-order valence-electron chi connectivity index (χ4n) is 6.53. The zero-order chi connectivity index (χ0) is 41.8. The summed E-state index contributed by atoms with van der Waals surface area (Å²) >= 11 is 0. The summed E-state index contributed by atoms with van der Waals surface area (Å²) in [6.07, 6.45) is 6.63. The average Bonchev–Trinajstić information content (AvgIpc) is 3.96. The minimum Gasteiger partial charge on any atom is -0.398 e. The smallest absolute Gasteiger partial charge is 0.264 e. The largest absolute Gasteiger partial charge is 0.398 e.